The molecular formula is C29H39N3O2. The molecule has 0 aliphatic carbocycles. The van der Waals surface area contributed by atoms with Crippen molar-refractivity contribution in [3.8, 4) is 5.69 Å². The van der Waals surface area contributed by atoms with Crippen LogP contribution in [-0.2, 0) is 11.2 Å². The van der Waals surface area contributed by atoms with Crippen molar-refractivity contribution in [3.05, 3.63) is 70.3 Å². The molecule has 3 rings (SSSR count). The molecule has 1 unspecified atom stereocenters. The summed E-state index contributed by atoms with van der Waals surface area (Å²) in [6, 6.07) is 15.1. The Bertz CT molecular complexity index is 1190. The summed E-state index contributed by atoms with van der Waals surface area (Å²) in [5.74, 6) is 0.720. The third-order valence-corrected chi connectivity index (χ3v) is 6.26. The van der Waals surface area contributed by atoms with Crippen LogP contribution in [0.15, 0.2) is 53.3 Å². The van der Waals surface area contributed by atoms with Crippen LogP contribution in [0.5, 0.6) is 0 Å². The average Bonchev–Trinajstić information content (AvgIpc) is 2.80. The Hall–Kier alpha value is -2.95. The van der Waals surface area contributed by atoms with Crippen molar-refractivity contribution in [3.63, 3.8) is 0 Å². The van der Waals surface area contributed by atoms with E-state index >= 15 is 0 Å². The minimum Gasteiger partial charge on any atom is -0.333 e. The predicted octanol–water partition coefficient (Wildman–Crippen LogP) is 6.46. The number of aromatic nitrogens is 2. The fourth-order valence-electron chi connectivity index (χ4n) is 4.45. The number of carbonyl (C=O) groups excluding carboxylic acids is 1. The molecule has 0 spiro atoms. The monoisotopic (exact) mass is 461 g/mol. The highest BCUT2D eigenvalue weighted by Crippen LogP contribution is 2.28. The molecular weight excluding hydrogens is 422 g/mol. The molecule has 0 N–H and O–H groups in total. The highest BCUT2D eigenvalue weighted by Gasteiger charge is 2.29. The van der Waals surface area contributed by atoms with Crippen molar-refractivity contribution in [2.45, 2.75) is 79.7 Å². The van der Waals surface area contributed by atoms with Crippen LogP contribution < -0.4 is 5.56 Å². The maximum absolute atomic E-state index is 13.8. The summed E-state index contributed by atoms with van der Waals surface area (Å²) in [7, 11) is 0. The van der Waals surface area contributed by atoms with Crippen LogP contribution in [0.4, 0.5) is 0 Å². The molecule has 0 bridgehead atoms. The Morgan fingerprint density at radius 3 is 2.38 bits per heavy atom. The minimum atomic E-state index is -0.339. The lowest BCUT2D eigenvalue weighted by Crippen LogP contribution is -2.39. The van der Waals surface area contributed by atoms with Crippen molar-refractivity contribution in [2.75, 3.05) is 6.54 Å². The molecule has 0 saturated carbocycles. The third kappa shape index (κ3) is 5.75. The first-order valence-corrected chi connectivity index (χ1v) is 12.6. The summed E-state index contributed by atoms with van der Waals surface area (Å²) in [5, 5.41) is 0.586. The number of aryl methyl sites for hydroxylation is 1. The van der Waals surface area contributed by atoms with Gasteiger partial charge in [-0.25, -0.2) is 4.98 Å². The molecule has 0 aliphatic rings. The van der Waals surface area contributed by atoms with E-state index in [2.05, 4.69) is 40.7 Å². The number of fused-ring (bicyclic) bond motifs is 1. The zero-order valence-corrected chi connectivity index (χ0v) is 21.6. The van der Waals surface area contributed by atoms with E-state index < -0.39 is 0 Å². The molecule has 0 aliphatic heterocycles. The normalized spacial score (nSPS) is 12.6. The topological polar surface area (TPSA) is 55.2 Å². The summed E-state index contributed by atoms with van der Waals surface area (Å²) in [6.07, 6.45) is 4.32. The summed E-state index contributed by atoms with van der Waals surface area (Å²) in [5.41, 5.74) is 2.37. The Kier molecular flexibility index (Phi) is 8.29. The van der Waals surface area contributed by atoms with Crippen LogP contribution >= 0.6 is 0 Å². The molecule has 0 radical (unpaired) electrons. The zero-order chi connectivity index (χ0) is 24.9. The first-order valence-electron chi connectivity index (χ1n) is 12.6. The van der Waals surface area contributed by atoms with Gasteiger partial charge in [-0.1, -0.05) is 77.8 Å². The second-order valence-corrected chi connectivity index (χ2v) is 10.3. The quantitative estimate of drug-likeness (QED) is 0.343. The van der Waals surface area contributed by atoms with E-state index in [1.54, 1.807) is 4.57 Å². The standard InChI is InChI=1S/C29H39N3O2/c1-7-9-14-19-31(26(33)20-29(4,5)6)21(3)27-30-24-17-12-11-16-23(24)28(34)32(27)25-18-13-10-15-22(25)8-2/h10-13,15-18,21H,7-9,14,19-20H2,1-6H3. The molecule has 1 aromatic heterocycles. The van der Waals surface area contributed by atoms with Crippen LogP contribution in [0.2, 0.25) is 0 Å². The van der Waals surface area contributed by atoms with Gasteiger partial charge in [-0.15, -0.1) is 0 Å². The number of benzene rings is 2. The van der Waals surface area contributed by atoms with Crippen LogP contribution in [0.25, 0.3) is 16.6 Å². The Labute approximate surface area is 203 Å². The SMILES string of the molecule is CCCCCN(C(=O)CC(C)(C)C)C(C)c1nc2ccccc2c(=O)n1-c1ccccc1CC. The van der Waals surface area contributed by atoms with Gasteiger partial charge in [-0.05, 0) is 48.9 Å². The molecule has 182 valence electrons. The van der Waals surface area contributed by atoms with Crippen LogP contribution in [0.1, 0.15) is 84.7 Å². The molecule has 34 heavy (non-hydrogen) atoms. The lowest BCUT2D eigenvalue weighted by molar-refractivity contribution is -0.135. The molecule has 5 heteroatoms. The lowest BCUT2D eigenvalue weighted by atomic mass is 9.91. The summed E-state index contributed by atoms with van der Waals surface area (Å²) in [4.78, 5) is 34.2. The first-order chi connectivity index (χ1) is 16.2. The van der Waals surface area contributed by atoms with Crippen molar-refractivity contribution in [1.82, 2.24) is 14.5 Å². The van der Waals surface area contributed by atoms with Gasteiger partial charge in [-0.2, -0.15) is 0 Å². The van der Waals surface area contributed by atoms with E-state index in [0.29, 0.717) is 29.7 Å². The number of carbonyl (C=O) groups is 1. The van der Waals surface area contributed by atoms with E-state index in [-0.39, 0.29) is 22.9 Å². The molecule has 1 atom stereocenters. The van der Waals surface area contributed by atoms with Gasteiger partial charge < -0.3 is 4.90 Å². The maximum atomic E-state index is 13.8. The summed E-state index contributed by atoms with van der Waals surface area (Å²) < 4.78 is 1.74. The van der Waals surface area contributed by atoms with Gasteiger partial charge in [0.25, 0.3) is 5.56 Å². The van der Waals surface area contributed by atoms with Crippen molar-refractivity contribution in [1.29, 1.82) is 0 Å². The lowest BCUT2D eigenvalue weighted by Gasteiger charge is -2.33. The number of nitrogens with zero attached hydrogens (tertiary/aromatic N) is 3. The van der Waals surface area contributed by atoms with E-state index in [9.17, 15) is 9.59 Å². The van der Waals surface area contributed by atoms with E-state index in [4.69, 9.17) is 4.98 Å². The predicted molar refractivity (Wildman–Crippen MR) is 140 cm³/mol. The molecule has 0 saturated heterocycles. The van der Waals surface area contributed by atoms with Crippen LogP contribution in [0.3, 0.4) is 0 Å². The number of unbranched alkanes of at least 4 members (excludes halogenated alkanes) is 2. The van der Waals surface area contributed by atoms with Gasteiger partial charge in [0, 0.05) is 13.0 Å². The van der Waals surface area contributed by atoms with Gasteiger partial charge >= 0.3 is 0 Å². The number of rotatable bonds is 9. The Morgan fingerprint density at radius 1 is 1.03 bits per heavy atom. The summed E-state index contributed by atoms with van der Waals surface area (Å²) in [6.45, 7) is 13.2. The first kappa shape index (κ1) is 25.7. The number of amides is 1. The largest absolute Gasteiger partial charge is 0.333 e. The van der Waals surface area contributed by atoms with Gasteiger partial charge in [0.15, 0.2) is 0 Å². The number of hydrogen-bond donors (Lipinski definition) is 0. The Balaban J connectivity index is 2.22. The van der Waals surface area contributed by atoms with Gasteiger partial charge in [0.05, 0.1) is 22.6 Å². The fourth-order valence-corrected chi connectivity index (χ4v) is 4.45. The molecule has 0 fully saturated rings. The maximum Gasteiger partial charge on any atom is 0.266 e. The van der Waals surface area contributed by atoms with E-state index in [0.717, 1.165) is 36.9 Å². The molecule has 1 heterocycles. The summed E-state index contributed by atoms with van der Waals surface area (Å²) >= 11 is 0. The highest BCUT2D eigenvalue weighted by atomic mass is 16.2. The molecule has 2 aromatic carbocycles. The second-order valence-electron chi connectivity index (χ2n) is 10.3. The van der Waals surface area contributed by atoms with Crippen LogP contribution in [0, 0.1) is 5.41 Å². The molecule has 3 aromatic rings. The number of para-hydroxylation sites is 2. The number of hydrogen-bond acceptors (Lipinski definition) is 3. The average molecular weight is 462 g/mol. The van der Waals surface area contributed by atoms with E-state index in [1.807, 2.05) is 54.3 Å². The van der Waals surface area contributed by atoms with Gasteiger partial charge in [-0.3, -0.25) is 14.2 Å². The van der Waals surface area contributed by atoms with Gasteiger partial charge in [0.1, 0.15) is 5.82 Å². The molecule has 5 nitrogen and oxygen atoms in total. The Morgan fingerprint density at radius 2 is 1.71 bits per heavy atom. The van der Waals surface area contributed by atoms with Crippen molar-refractivity contribution in [2.24, 2.45) is 5.41 Å². The highest BCUT2D eigenvalue weighted by molar-refractivity contribution is 5.79. The second kappa shape index (κ2) is 11.0. The zero-order valence-electron chi connectivity index (χ0n) is 21.6. The smallest absolute Gasteiger partial charge is 0.266 e. The van der Waals surface area contributed by atoms with Crippen molar-refractivity contribution < 1.29 is 4.79 Å². The fraction of sp³-hybridized carbons (Fsp3) is 0.483. The third-order valence-electron chi connectivity index (χ3n) is 6.26. The van der Waals surface area contributed by atoms with Crippen LogP contribution in [-0.4, -0.2) is 26.9 Å². The van der Waals surface area contributed by atoms with Crippen molar-refractivity contribution >= 4 is 16.8 Å². The van der Waals surface area contributed by atoms with Gasteiger partial charge in [0.2, 0.25) is 5.91 Å². The molecule has 1 amide bonds. The van der Waals surface area contributed by atoms with E-state index in [1.165, 1.54) is 0 Å². The minimum absolute atomic E-state index is 0.0925.